The number of anilines is 1. The molecule has 134 valence electrons. The van der Waals surface area contributed by atoms with Gasteiger partial charge in [0.25, 0.3) is 0 Å². The number of amides is 1. The molecule has 0 saturated carbocycles. The predicted molar refractivity (Wildman–Crippen MR) is 104 cm³/mol. The fraction of sp³-hybridized carbons (Fsp3) is 0.333. The highest BCUT2D eigenvalue weighted by Crippen LogP contribution is 2.33. The highest BCUT2D eigenvalue weighted by Gasteiger charge is 2.33. The largest absolute Gasteiger partial charge is 0.399 e. The first-order valence-electron chi connectivity index (χ1n) is 9.26. The van der Waals surface area contributed by atoms with Crippen LogP contribution < -0.4 is 5.73 Å². The van der Waals surface area contributed by atoms with Crippen LogP contribution in [0.2, 0.25) is 0 Å². The number of carbonyl (C=O) groups is 1. The van der Waals surface area contributed by atoms with E-state index in [1.807, 2.05) is 47.4 Å². The minimum atomic E-state index is 0.0589. The van der Waals surface area contributed by atoms with Crippen LogP contribution in [-0.2, 0) is 17.8 Å². The lowest BCUT2D eigenvalue weighted by molar-refractivity contribution is -0.131. The summed E-state index contributed by atoms with van der Waals surface area (Å²) in [6, 6.07) is 15.8. The van der Waals surface area contributed by atoms with Gasteiger partial charge in [-0.1, -0.05) is 24.3 Å². The molecule has 5 heteroatoms. The topological polar surface area (TPSA) is 64.2 Å². The lowest BCUT2D eigenvalue weighted by Crippen LogP contribution is -2.33. The number of aryl methyl sites for hydroxylation is 1. The van der Waals surface area contributed by atoms with Gasteiger partial charge in [-0.05, 0) is 49.6 Å². The van der Waals surface area contributed by atoms with Crippen molar-refractivity contribution in [3.05, 3.63) is 59.9 Å². The third kappa shape index (κ3) is 2.94. The van der Waals surface area contributed by atoms with E-state index in [0.29, 0.717) is 6.42 Å². The highest BCUT2D eigenvalue weighted by molar-refractivity contribution is 5.80. The Balaban J connectivity index is 1.62. The fourth-order valence-corrected chi connectivity index (χ4v) is 3.93. The molecule has 2 N–H and O–H groups in total. The van der Waals surface area contributed by atoms with Crippen LogP contribution in [0, 0.1) is 0 Å². The maximum atomic E-state index is 13.0. The van der Waals surface area contributed by atoms with Gasteiger partial charge in [-0.2, -0.15) is 0 Å². The number of nitrogens with zero attached hydrogens (tertiary/aromatic N) is 3. The Morgan fingerprint density at radius 1 is 1.19 bits per heavy atom. The number of likely N-dealkylation sites (tertiary alicyclic amines) is 1. The molecule has 2 aromatic carbocycles. The van der Waals surface area contributed by atoms with E-state index in [1.54, 1.807) is 0 Å². The summed E-state index contributed by atoms with van der Waals surface area (Å²) < 4.78 is 2.24. The maximum Gasteiger partial charge on any atom is 0.227 e. The first-order valence-corrected chi connectivity index (χ1v) is 9.26. The average Bonchev–Trinajstić information content (AvgIpc) is 3.27. The molecule has 0 radical (unpaired) electrons. The van der Waals surface area contributed by atoms with Gasteiger partial charge in [0.1, 0.15) is 5.82 Å². The Morgan fingerprint density at radius 2 is 1.96 bits per heavy atom. The molecule has 4 rings (SSSR count). The molecular weight excluding hydrogens is 324 g/mol. The van der Waals surface area contributed by atoms with Crippen LogP contribution in [0.1, 0.15) is 37.2 Å². The molecule has 1 fully saturated rings. The number of benzene rings is 2. The van der Waals surface area contributed by atoms with E-state index in [1.165, 1.54) is 0 Å². The van der Waals surface area contributed by atoms with Crippen molar-refractivity contribution in [3.8, 4) is 0 Å². The maximum absolute atomic E-state index is 13.0. The quantitative estimate of drug-likeness (QED) is 0.734. The third-order valence-electron chi connectivity index (χ3n) is 5.21. The Hall–Kier alpha value is -2.82. The van der Waals surface area contributed by atoms with Gasteiger partial charge in [-0.15, -0.1) is 0 Å². The van der Waals surface area contributed by atoms with E-state index >= 15 is 0 Å². The Bertz CT molecular complexity index is 929. The number of hydrogen-bond acceptors (Lipinski definition) is 3. The van der Waals surface area contributed by atoms with Gasteiger partial charge < -0.3 is 15.2 Å². The van der Waals surface area contributed by atoms with E-state index in [0.717, 1.165) is 54.0 Å². The van der Waals surface area contributed by atoms with E-state index in [-0.39, 0.29) is 11.9 Å². The van der Waals surface area contributed by atoms with Crippen molar-refractivity contribution in [1.29, 1.82) is 0 Å². The molecule has 1 unspecified atom stereocenters. The predicted octanol–water partition coefficient (Wildman–Crippen LogP) is 3.54. The van der Waals surface area contributed by atoms with E-state index in [9.17, 15) is 4.79 Å². The molecule has 1 aromatic heterocycles. The first-order chi connectivity index (χ1) is 12.7. The molecular formula is C21H24N4O. The number of aromatic nitrogens is 2. The zero-order valence-corrected chi connectivity index (χ0v) is 15.1. The molecule has 1 aliphatic heterocycles. The molecule has 1 amide bonds. The van der Waals surface area contributed by atoms with Gasteiger partial charge in [0, 0.05) is 18.8 Å². The van der Waals surface area contributed by atoms with E-state index < -0.39 is 0 Å². The van der Waals surface area contributed by atoms with Gasteiger partial charge in [-0.3, -0.25) is 4.79 Å². The number of carbonyl (C=O) groups excluding carboxylic acids is 1. The normalized spacial score (nSPS) is 17.1. The summed E-state index contributed by atoms with van der Waals surface area (Å²) >= 11 is 0. The summed E-state index contributed by atoms with van der Waals surface area (Å²) in [4.78, 5) is 19.8. The lowest BCUT2D eigenvalue weighted by atomic mass is 10.1. The zero-order chi connectivity index (χ0) is 18.1. The van der Waals surface area contributed by atoms with Crippen LogP contribution in [0.5, 0.6) is 0 Å². The molecule has 3 aromatic rings. The minimum absolute atomic E-state index is 0.0589. The molecule has 1 saturated heterocycles. The number of fused-ring (bicyclic) bond motifs is 1. The summed E-state index contributed by atoms with van der Waals surface area (Å²) in [5.74, 6) is 1.17. The van der Waals surface area contributed by atoms with E-state index in [2.05, 4.69) is 17.6 Å². The number of nitrogens with two attached hydrogens (primary N) is 1. The van der Waals surface area contributed by atoms with Crippen molar-refractivity contribution >= 4 is 22.6 Å². The van der Waals surface area contributed by atoms with Crippen LogP contribution in [0.25, 0.3) is 11.0 Å². The van der Waals surface area contributed by atoms with Crippen LogP contribution in [0.3, 0.4) is 0 Å². The van der Waals surface area contributed by atoms with Gasteiger partial charge in [0.2, 0.25) is 5.91 Å². The van der Waals surface area contributed by atoms with Crippen molar-refractivity contribution in [1.82, 2.24) is 14.5 Å². The van der Waals surface area contributed by atoms with Crippen molar-refractivity contribution < 1.29 is 4.79 Å². The van der Waals surface area contributed by atoms with E-state index in [4.69, 9.17) is 10.7 Å². The van der Waals surface area contributed by atoms with Crippen LogP contribution in [0.4, 0.5) is 5.69 Å². The molecule has 1 aliphatic rings. The van der Waals surface area contributed by atoms with Crippen molar-refractivity contribution in [3.63, 3.8) is 0 Å². The second-order valence-electron chi connectivity index (χ2n) is 6.87. The third-order valence-corrected chi connectivity index (χ3v) is 5.21. The smallest absolute Gasteiger partial charge is 0.227 e. The number of rotatable bonds is 4. The Morgan fingerprint density at radius 3 is 2.73 bits per heavy atom. The molecule has 0 spiro atoms. The SMILES string of the molecule is CCn1c(C2CCCN2C(=O)Cc2ccc(N)cc2)nc2ccccc21. The molecule has 26 heavy (non-hydrogen) atoms. The number of hydrogen-bond donors (Lipinski definition) is 1. The number of nitrogen functional groups attached to an aromatic ring is 1. The summed E-state index contributed by atoms with van der Waals surface area (Å²) in [5, 5.41) is 0. The Kier molecular flexibility index (Phi) is 4.37. The Labute approximate surface area is 153 Å². The average molecular weight is 348 g/mol. The fourth-order valence-electron chi connectivity index (χ4n) is 3.93. The number of imidazole rings is 1. The molecule has 5 nitrogen and oxygen atoms in total. The summed E-state index contributed by atoms with van der Waals surface area (Å²) in [7, 11) is 0. The standard InChI is InChI=1S/C21H24N4O/c1-2-24-18-7-4-3-6-17(18)23-21(24)19-8-5-13-25(19)20(26)14-15-9-11-16(22)12-10-15/h3-4,6-7,9-12,19H,2,5,8,13-14,22H2,1H3. The van der Waals surface area contributed by atoms with Crippen molar-refractivity contribution in [2.45, 2.75) is 38.8 Å². The first kappa shape index (κ1) is 16.6. The minimum Gasteiger partial charge on any atom is -0.399 e. The molecule has 0 aliphatic carbocycles. The molecule has 1 atom stereocenters. The lowest BCUT2D eigenvalue weighted by Gasteiger charge is -2.25. The second kappa shape index (κ2) is 6.83. The zero-order valence-electron chi connectivity index (χ0n) is 15.1. The monoisotopic (exact) mass is 348 g/mol. The second-order valence-corrected chi connectivity index (χ2v) is 6.87. The van der Waals surface area contributed by atoms with Crippen LogP contribution >= 0.6 is 0 Å². The summed E-state index contributed by atoms with van der Waals surface area (Å²) in [6.45, 7) is 3.78. The van der Waals surface area contributed by atoms with Crippen molar-refractivity contribution in [2.75, 3.05) is 12.3 Å². The highest BCUT2D eigenvalue weighted by atomic mass is 16.2. The summed E-state index contributed by atoms with van der Waals surface area (Å²) in [6.07, 6.45) is 2.39. The van der Waals surface area contributed by atoms with Gasteiger partial charge in [0.05, 0.1) is 23.5 Å². The number of para-hydroxylation sites is 2. The van der Waals surface area contributed by atoms with Crippen molar-refractivity contribution in [2.24, 2.45) is 0 Å². The van der Waals surface area contributed by atoms with Gasteiger partial charge >= 0.3 is 0 Å². The summed E-state index contributed by atoms with van der Waals surface area (Å²) in [5.41, 5.74) is 9.60. The van der Waals surface area contributed by atoms with Crippen LogP contribution in [0.15, 0.2) is 48.5 Å². The molecule has 2 heterocycles. The van der Waals surface area contributed by atoms with Gasteiger partial charge in [0.15, 0.2) is 0 Å². The molecule has 0 bridgehead atoms. The van der Waals surface area contributed by atoms with Crippen LogP contribution in [-0.4, -0.2) is 26.9 Å². The van der Waals surface area contributed by atoms with Gasteiger partial charge in [-0.25, -0.2) is 4.98 Å².